The fourth-order valence-corrected chi connectivity index (χ4v) is 4.26. The van der Waals surface area contributed by atoms with Crippen molar-refractivity contribution in [2.24, 2.45) is 0 Å². The summed E-state index contributed by atoms with van der Waals surface area (Å²) in [6.07, 6.45) is 2.33. The number of aliphatic hydroxyl groups is 2. The first kappa shape index (κ1) is 19.9. The van der Waals surface area contributed by atoms with E-state index in [0.717, 1.165) is 6.42 Å². The Morgan fingerprint density at radius 2 is 2.06 bits per heavy atom. The van der Waals surface area contributed by atoms with Crippen molar-refractivity contribution in [2.45, 2.75) is 37.3 Å². The number of ether oxygens (including phenoxy) is 1. The van der Waals surface area contributed by atoms with Gasteiger partial charge >= 0.3 is 0 Å². The van der Waals surface area contributed by atoms with E-state index in [1.54, 1.807) is 10.9 Å². The molecule has 2 fully saturated rings. The number of anilines is 1. The minimum absolute atomic E-state index is 0.0211. The molecule has 3 N–H and O–H groups in total. The smallest absolute Gasteiger partial charge is 0.253 e. The minimum Gasteiger partial charge on any atom is -0.394 e. The van der Waals surface area contributed by atoms with Crippen LogP contribution in [-0.4, -0.2) is 78.5 Å². The van der Waals surface area contributed by atoms with E-state index in [4.69, 9.17) is 4.74 Å². The van der Waals surface area contributed by atoms with E-state index in [1.807, 2.05) is 35.2 Å². The van der Waals surface area contributed by atoms with Gasteiger partial charge in [-0.25, -0.2) is 15.0 Å². The molecular weight excluding hydrogens is 400 g/mol. The zero-order valence-corrected chi connectivity index (χ0v) is 16.8. The molecule has 2 aromatic heterocycles. The zero-order valence-electron chi connectivity index (χ0n) is 16.8. The molecule has 0 aliphatic carbocycles. The van der Waals surface area contributed by atoms with Gasteiger partial charge in [-0.05, 0) is 18.6 Å². The Morgan fingerprint density at radius 1 is 1.23 bits per heavy atom. The highest BCUT2D eigenvalue weighted by Crippen LogP contribution is 2.32. The number of carbonyl (C=O) groups excluding carboxylic acids is 1. The SMILES string of the molecule is O=C(c1ccccc1)N1CCC(Nc2ncnc3c2ncn3C2OC(CO)CC2O)C1. The molecule has 0 bridgehead atoms. The largest absolute Gasteiger partial charge is 0.394 e. The number of carbonyl (C=O) groups is 1. The molecule has 31 heavy (non-hydrogen) atoms. The second-order valence-corrected chi connectivity index (χ2v) is 7.93. The van der Waals surface area contributed by atoms with Crippen molar-refractivity contribution in [3.05, 3.63) is 48.5 Å². The maximum Gasteiger partial charge on any atom is 0.253 e. The van der Waals surface area contributed by atoms with Crippen molar-refractivity contribution >= 4 is 22.9 Å². The molecule has 3 aromatic rings. The molecule has 4 unspecified atom stereocenters. The summed E-state index contributed by atoms with van der Waals surface area (Å²) in [4.78, 5) is 27.6. The number of amides is 1. The summed E-state index contributed by atoms with van der Waals surface area (Å²) in [5, 5.41) is 23.0. The maximum absolute atomic E-state index is 12.7. The molecule has 1 amide bonds. The third-order valence-corrected chi connectivity index (χ3v) is 5.84. The fraction of sp³-hybridized carbons (Fsp3) is 0.429. The quantitative estimate of drug-likeness (QED) is 0.549. The number of benzene rings is 1. The van der Waals surface area contributed by atoms with Crippen LogP contribution in [0.4, 0.5) is 5.82 Å². The van der Waals surface area contributed by atoms with Gasteiger partial charge in [0.25, 0.3) is 5.91 Å². The van der Waals surface area contributed by atoms with Crippen molar-refractivity contribution in [3.63, 3.8) is 0 Å². The fourth-order valence-electron chi connectivity index (χ4n) is 4.26. The number of aromatic nitrogens is 4. The molecule has 162 valence electrons. The Bertz CT molecular complexity index is 1070. The van der Waals surface area contributed by atoms with Gasteiger partial charge in [-0.2, -0.15) is 0 Å². The van der Waals surface area contributed by atoms with E-state index in [2.05, 4.69) is 20.3 Å². The van der Waals surface area contributed by atoms with Crippen LogP contribution in [0.15, 0.2) is 43.0 Å². The first-order valence-electron chi connectivity index (χ1n) is 10.4. The third kappa shape index (κ3) is 3.73. The van der Waals surface area contributed by atoms with Crippen LogP contribution in [0.1, 0.15) is 29.4 Å². The van der Waals surface area contributed by atoms with E-state index >= 15 is 0 Å². The predicted molar refractivity (Wildman–Crippen MR) is 111 cm³/mol. The van der Waals surface area contributed by atoms with Crippen LogP contribution in [0.25, 0.3) is 11.2 Å². The lowest BCUT2D eigenvalue weighted by Crippen LogP contribution is -2.31. The van der Waals surface area contributed by atoms with E-state index in [0.29, 0.717) is 42.1 Å². The minimum atomic E-state index is -0.756. The Labute approximate surface area is 178 Å². The van der Waals surface area contributed by atoms with Crippen LogP contribution in [0, 0.1) is 0 Å². The second kappa shape index (κ2) is 8.22. The molecule has 10 heteroatoms. The van der Waals surface area contributed by atoms with Crippen LogP contribution in [0.3, 0.4) is 0 Å². The molecular formula is C21H24N6O4. The lowest BCUT2D eigenvalue weighted by Gasteiger charge is -2.18. The van der Waals surface area contributed by atoms with Gasteiger partial charge in [-0.1, -0.05) is 18.2 Å². The molecule has 0 radical (unpaired) electrons. The molecule has 2 saturated heterocycles. The van der Waals surface area contributed by atoms with Crippen LogP contribution < -0.4 is 5.32 Å². The van der Waals surface area contributed by atoms with Crippen LogP contribution in [0.5, 0.6) is 0 Å². The summed E-state index contributed by atoms with van der Waals surface area (Å²) in [5.41, 5.74) is 1.79. The Hall–Kier alpha value is -3.08. The molecule has 1 aromatic carbocycles. The van der Waals surface area contributed by atoms with E-state index in [9.17, 15) is 15.0 Å². The average Bonchev–Trinajstić information content (AvgIpc) is 3.52. The number of nitrogens with one attached hydrogen (secondary N) is 1. The highest BCUT2D eigenvalue weighted by atomic mass is 16.5. The molecule has 0 saturated carbocycles. The molecule has 10 nitrogen and oxygen atoms in total. The van der Waals surface area contributed by atoms with Crippen molar-refractivity contribution in [3.8, 4) is 0 Å². The summed E-state index contributed by atoms with van der Waals surface area (Å²) < 4.78 is 7.40. The topological polar surface area (TPSA) is 126 Å². The van der Waals surface area contributed by atoms with Gasteiger partial charge in [0.1, 0.15) is 12.4 Å². The first-order chi connectivity index (χ1) is 15.1. The summed E-state index contributed by atoms with van der Waals surface area (Å²) >= 11 is 0. The van der Waals surface area contributed by atoms with Gasteiger partial charge in [0.05, 0.1) is 19.0 Å². The van der Waals surface area contributed by atoms with E-state index in [1.165, 1.54) is 6.33 Å². The number of fused-ring (bicyclic) bond motifs is 1. The molecule has 2 aliphatic rings. The molecule has 5 rings (SSSR count). The Balaban J connectivity index is 1.32. The van der Waals surface area contributed by atoms with Gasteiger partial charge in [0.2, 0.25) is 0 Å². The van der Waals surface area contributed by atoms with Gasteiger partial charge in [-0.3, -0.25) is 9.36 Å². The highest BCUT2D eigenvalue weighted by molar-refractivity contribution is 5.94. The summed E-state index contributed by atoms with van der Waals surface area (Å²) in [5.74, 6) is 0.599. The molecule has 2 aliphatic heterocycles. The predicted octanol–water partition coefficient (Wildman–Crippen LogP) is 0.794. The van der Waals surface area contributed by atoms with Crippen LogP contribution in [-0.2, 0) is 4.74 Å². The number of rotatable bonds is 5. The van der Waals surface area contributed by atoms with Crippen molar-refractivity contribution in [2.75, 3.05) is 25.0 Å². The number of likely N-dealkylation sites (tertiary alicyclic amines) is 1. The van der Waals surface area contributed by atoms with Gasteiger partial charge in [-0.15, -0.1) is 0 Å². The van der Waals surface area contributed by atoms with Crippen LogP contribution >= 0.6 is 0 Å². The number of imidazole rings is 1. The Kier molecular flexibility index (Phi) is 5.26. The van der Waals surface area contributed by atoms with Crippen molar-refractivity contribution in [1.29, 1.82) is 0 Å². The van der Waals surface area contributed by atoms with Gasteiger partial charge < -0.3 is 25.2 Å². The summed E-state index contributed by atoms with van der Waals surface area (Å²) in [6.45, 7) is 1.09. The molecule has 0 spiro atoms. The normalized spacial score (nSPS) is 25.9. The average molecular weight is 424 g/mol. The van der Waals surface area contributed by atoms with E-state index < -0.39 is 18.4 Å². The third-order valence-electron chi connectivity index (χ3n) is 5.84. The number of hydrogen-bond donors (Lipinski definition) is 3. The van der Waals surface area contributed by atoms with Crippen LogP contribution in [0.2, 0.25) is 0 Å². The molecule has 4 heterocycles. The van der Waals surface area contributed by atoms with Crippen molar-refractivity contribution in [1.82, 2.24) is 24.4 Å². The molecule has 4 atom stereocenters. The zero-order chi connectivity index (χ0) is 21.4. The second-order valence-electron chi connectivity index (χ2n) is 7.93. The van der Waals surface area contributed by atoms with Gasteiger partial charge in [0, 0.05) is 31.1 Å². The summed E-state index contributed by atoms with van der Waals surface area (Å²) in [7, 11) is 0. The standard InChI is InChI=1S/C21H24N6O4/c28-10-15-8-16(29)21(31-15)27-12-24-17-18(22-11-23-19(17)27)25-14-6-7-26(9-14)20(30)13-4-2-1-3-5-13/h1-5,11-12,14-16,21,28-29H,6-10H2,(H,22,23,25). The number of hydrogen-bond acceptors (Lipinski definition) is 8. The van der Waals surface area contributed by atoms with E-state index in [-0.39, 0.29) is 18.6 Å². The van der Waals surface area contributed by atoms with Gasteiger partial charge in [0.15, 0.2) is 23.2 Å². The summed E-state index contributed by atoms with van der Waals surface area (Å²) in [6, 6.07) is 9.31. The lowest BCUT2D eigenvalue weighted by molar-refractivity contribution is -0.0486. The number of aliphatic hydroxyl groups excluding tert-OH is 2. The monoisotopic (exact) mass is 424 g/mol. The first-order valence-corrected chi connectivity index (χ1v) is 10.4. The maximum atomic E-state index is 12.7. The highest BCUT2D eigenvalue weighted by Gasteiger charge is 2.36. The Morgan fingerprint density at radius 3 is 2.84 bits per heavy atom. The van der Waals surface area contributed by atoms with Crippen molar-refractivity contribution < 1.29 is 19.7 Å². The number of nitrogens with zero attached hydrogens (tertiary/aromatic N) is 5. The lowest BCUT2D eigenvalue weighted by atomic mass is 10.2.